The quantitative estimate of drug-likeness (QED) is 0.573. The Morgan fingerprint density at radius 1 is 1.13 bits per heavy atom. The summed E-state index contributed by atoms with van der Waals surface area (Å²) in [5.74, 6) is -1.86. The Morgan fingerprint density at radius 3 is 2.61 bits per heavy atom. The van der Waals surface area contributed by atoms with Gasteiger partial charge in [-0.05, 0) is 30.7 Å². The number of ketones is 1. The van der Waals surface area contributed by atoms with Gasteiger partial charge in [0, 0.05) is 17.1 Å². The van der Waals surface area contributed by atoms with E-state index < -0.39 is 17.5 Å². The van der Waals surface area contributed by atoms with Gasteiger partial charge in [-0.2, -0.15) is 0 Å². The molecule has 1 unspecified atom stereocenters. The number of H-pyrrole nitrogens is 1. The van der Waals surface area contributed by atoms with Gasteiger partial charge in [-0.15, -0.1) is 0 Å². The number of Topliss-reactive ketones (excluding diaryl/α,β-unsaturated/α-hetero) is 1. The van der Waals surface area contributed by atoms with Crippen molar-refractivity contribution in [2.45, 2.75) is 13.0 Å². The molecule has 0 aliphatic heterocycles. The maximum Gasteiger partial charge on any atom is 0.292 e. The van der Waals surface area contributed by atoms with Crippen LogP contribution in [0.1, 0.15) is 28.9 Å². The molecule has 1 amide bonds. The van der Waals surface area contributed by atoms with Crippen LogP contribution < -0.4 is 5.32 Å². The van der Waals surface area contributed by atoms with Crippen molar-refractivity contribution in [3.05, 3.63) is 71.7 Å². The summed E-state index contributed by atoms with van der Waals surface area (Å²) in [6.07, 6.45) is 1.43. The van der Waals surface area contributed by atoms with Gasteiger partial charge >= 0.3 is 0 Å². The van der Waals surface area contributed by atoms with E-state index in [1.165, 1.54) is 24.4 Å². The number of carbonyl (C=O) groups excluding carboxylic acids is 2. The highest BCUT2D eigenvalue weighted by molar-refractivity contribution is 6.45. The van der Waals surface area contributed by atoms with Crippen molar-refractivity contribution in [2.75, 3.05) is 0 Å². The lowest BCUT2D eigenvalue weighted by Crippen LogP contribution is -2.33. The zero-order chi connectivity index (χ0) is 16.4. The Morgan fingerprint density at radius 2 is 1.87 bits per heavy atom. The van der Waals surface area contributed by atoms with Crippen molar-refractivity contribution in [3.63, 3.8) is 0 Å². The van der Waals surface area contributed by atoms with Gasteiger partial charge in [0.25, 0.3) is 11.7 Å². The number of fused-ring (bicyclic) bond motifs is 1. The minimum Gasteiger partial charge on any atom is -0.360 e. The van der Waals surface area contributed by atoms with Crippen LogP contribution in [0, 0.1) is 5.82 Å². The van der Waals surface area contributed by atoms with Gasteiger partial charge < -0.3 is 10.3 Å². The lowest BCUT2D eigenvalue weighted by molar-refractivity contribution is -0.117. The lowest BCUT2D eigenvalue weighted by Gasteiger charge is -2.13. The van der Waals surface area contributed by atoms with E-state index in [4.69, 9.17) is 0 Å². The fourth-order valence-corrected chi connectivity index (χ4v) is 2.49. The molecule has 0 aliphatic carbocycles. The van der Waals surface area contributed by atoms with Crippen molar-refractivity contribution >= 4 is 22.6 Å². The molecule has 0 fully saturated rings. The zero-order valence-corrected chi connectivity index (χ0v) is 12.5. The summed E-state index contributed by atoms with van der Waals surface area (Å²) in [6.45, 7) is 1.80. The molecule has 2 aromatic carbocycles. The largest absolute Gasteiger partial charge is 0.360 e. The van der Waals surface area contributed by atoms with Gasteiger partial charge in [-0.1, -0.05) is 30.3 Å². The monoisotopic (exact) mass is 310 g/mol. The SMILES string of the molecule is CC(NC(=O)C(=O)c1c[nH]c2ccc(F)cc12)c1ccccc1. The molecule has 1 aromatic heterocycles. The first-order chi connectivity index (χ1) is 11.1. The van der Waals surface area contributed by atoms with E-state index in [0.717, 1.165) is 5.56 Å². The number of hydrogen-bond acceptors (Lipinski definition) is 2. The van der Waals surface area contributed by atoms with Crippen LogP contribution in [0.3, 0.4) is 0 Å². The van der Waals surface area contributed by atoms with E-state index in [-0.39, 0.29) is 11.6 Å². The summed E-state index contributed by atoms with van der Waals surface area (Å²) in [6, 6.07) is 13.1. The van der Waals surface area contributed by atoms with Crippen LogP contribution in [0.25, 0.3) is 10.9 Å². The van der Waals surface area contributed by atoms with Crippen LogP contribution in [0.15, 0.2) is 54.7 Å². The second-order valence-corrected chi connectivity index (χ2v) is 5.33. The van der Waals surface area contributed by atoms with Crippen LogP contribution in [-0.4, -0.2) is 16.7 Å². The molecule has 1 atom stereocenters. The maximum atomic E-state index is 13.4. The number of benzene rings is 2. The molecular weight excluding hydrogens is 295 g/mol. The predicted molar refractivity (Wildman–Crippen MR) is 85.6 cm³/mol. The van der Waals surface area contributed by atoms with E-state index in [1.54, 1.807) is 6.92 Å². The van der Waals surface area contributed by atoms with Gasteiger partial charge in [0.05, 0.1) is 11.6 Å². The highest BCUT2D eigenvalue weighted by Gasteiger charge is 2.22. The topological polar surface area (TPSA) is 62.0 Å². The van der Waals surface area contributed by atoms with Crippen molar-refractivity contribution in [2.24, 2.45) is 0 Å². The van der Waals surface area contributed by atoms with Crippen molar-refractivity contribution < 1.29 is 14.0 Å². The number of halogens is 1. The molecule has 0 saturated carbocycles. The Hall–Kier alpha value is -2.95. The smallest absolute Gasteiger partial charge is 0.292 e. The molecular formula is C18H15FN2O2. The maximum absolute atomic E-state index is 13.4. The molecule has 0 bridgehead atoms. The van der Waals surface area contributed by atoms with E-state index >= 15 is 0 Å². The number of rotatable bonds is 4. The highest BCUT2D eigenvalue weighted by atomic mass is 19.1. The van der Waals surface area contributed by atoms with Crippen LogP contribution in [-0.2, 0) is 4.79 Å². The minimum absolute atomic E-state index is 0.164. The molecule has 0 spiro atoms. The van der Waals surface area contributed by atoms with Crippen LogP contribution in [0.5, 0.6) is 0 Å². The van der Waals surface area contributed by atoms with E-state index in [2.05, 4.69) is 10.3 Å². The number of amides is 1. The van der Waals surface area contributed by atoms with E-state index in [1.807, 2.05) is 30.3 Å². The van der Waals surface area contributed by atoms with Crippen molar-refractivity contribution in [1.29, 1.82) is 0 Å². The summed E-state index contributed by atoms with van der Waals surface area (Å²) in [7, 11) is 0. The Kier molecular flexibility index (Phi) is 3.93. The third-order valence-corrected chi connectivity index (χ3v) is 3.74. The van der Waals surface area contributed by atoms with Gasteiger partial charge in [0.1, 0.15) is 5.82 Å². The fraction of sp³-hybridized carbons (Fsp3) is 0.111. The molecule has 5 heteroatoms. The van der Waals surface area contributed by atoms with E-state index in [0.29, 0.717) is 10.9 Å². The molecule has 3 rings (SSSR count). The second kappa shape index (κ2) is 6.04. The average Bonchev–Trinajstić information content (AvgIpc) is 2.97. The van der Waals surface area contributed by atoms with Gasteiger partial charge in [-0.3, -0.25) is 9.59 Å². The number of carbonyl (C=O) groups is 2. The average molecular weight is 310 g/mol. The summed E-state index contributed by atoms with van der Waals surface area (Å²) in [5.41, 5.74) is 1.68. The van der Waals surface area contributed by atoms with Crippen LogP contribution >= 0.6 is 0 Å². The fourth-order valence-electron chi connectivity index (χ4n) is 2.49. The number of aromatic nitrogens is 1. The molecule has 23 heavy (non-hydrogen) atoms. The first-order valence-electron chi connectivity index (χ1n) is 7.23. The van der Waals surface area contributed by atoms with Crippen LogP contribution in [0.4, 0.5) is 4.39 Å². The number of aromatic amines is 1. The second-order valence-electron chi connectivity index (χ2n) is 5.33. The van der Waals surface area contributed by atoms with Gasteiger partial charge in [0.2, 0.25) is 0 Å². The van der Waals surface area contributed by atoms with Crippen LogP contribution in [0.2, 0.25) is 0 Å². The van der Waals surface area contributed by atoms with E-state index in [9.17, 15) is 14.0 Å². The summed E-state index contributed by atoms with van der Waals surface area (Å²) in [5, 5.41) is 3.07. The lowest BCUT2D eigenvalue weighted by atomic mass is 10.1. The number of hydrogen-bond donors (Lipinski definition) is 2. The standard InChI is InChI=1S/C18H15FN2O2/c1-11(12-5-3-2-4-6-12)21-18(23)17(22)15-10-20-16-8-7-13(19)9-14(15)16/h2-11,20H,1H3,(H,21,23). The molecule has 3 aromatic rings. The molecule has 2 N–H and O–H groups in total. The number of nitrogens with one attached hydrogen (secondary N) is 2. The summed E-state index contributed by atoms with van der Waals surface area (Å²) in [4.78, 5) is 27.4. The first kappa shape index (κ1) is 15.0. The zero-order valence-electron chi connectivity index (χ0n) is 12.5. The Bertz CT molecular complexity index is 871. The Labute approximate surface area is 132 Å². The first-order valence-corrected chi connectivity index (χ1v) is 7.23. The minimum atomic E-state index is -0.716. The van der Waals surface area contributed by atoms with Gasteiger partial charge in [0.15, 0.2) is 0 Å². The third kappa shape index (κ3) is 2.99. The third-order valence-electron chi connectivity index (χ3n) is 3.74. The Balaban J connectivity index is 1.82. The van der Waals surface area contributed by atoms with Gasteiger partial charge in [-0.25, -0.2) is 4.39 Å². The van der Waals surface area contributed by atoms with Crippen molar-refractivity contribution in [1.82, 2.24) is 10.3 Å². The highest BCUT2D eigenvalue weighted by Crippen LogP contribution is 2.20. The molecule has 4 nitrogen and oxygen atoms in total. The molecule has 116 valence electrons. The molecule has 1 heterocycles. The normalized spacial score (nSPS) is 12.1. The molecule has 0 radical (unpaired) electrons. The molecule has 0 saturated heterocycles. The molecule has 0 aliphatic rings. The van der Waals surface area contributed by atoms with Crippen molar-refractivity contribution in [3.8, 4) is 0 Å². The summed E-state index contributed by atoms with van der Waals surface area (Å²) >= 11 is 0. The predicted octanol–water partition coefficient (Wildman–Crippen LogP) is 3.37. The summed E-state index contributed by atoms with van der Waals surface area (Å²) < 4.78 is 13.4.